The van der Waals surface area contributed by atoms with Crippen LogP contribution in [0.2, 0.25) is 0 Å². The number of methoxy groups -OCH3 is 3. The van der Waals surface area contributed by atoms with E-state index in [-0.39, 0.29) is 30.2 Å². The lowest BCUT2D eigenvalue weighted by Gasteiger charge is -2.12. The smallest absolute Gasteiger partial charge is 0.354 e. The number of carbonyl (C=O) groups is 1. The highest BCUT2D eigenvalue weighted by atomic mass is 32.2. The summed E-state index contributed by atoms with van der Waals surface area (Å²) in [5.74, 6) is 0.650. The normalized spacial score (nSPS) is 12.4. The quantitative estimate of drug-likeness (QED) is 0.324. The summed E-state index contributed by atoms with van der Waals surface area (Å²) in [5.41, 5.74) is 0.776. The number of sulfonamides is 1. The van der Waals surface area contributed by atoms with Crippen molar-refractivity contribution < 1.29 is 42.0 Å². The second-order valence-electron chi connectivity index (χ2n) is 8.32. The third kappa shape index (κ3) is 4.39. The highest BCUT2D eigenvalue weighted by Crippen LogP contribution is 2.40. The number of nitrogens with one attached hydrogen (secondary N) is 1. The van der Waals surface area contributed by atoms with Crippen molar-refractivity contribution >= 4 is 32.6 Å². The number of aromatic carboxylic acids is 1. The van der Waals surface area contributed by atoms with Crippen molar-refractivity contribution in [2.45, 2.75) is 11.4 Å². The number of aromatic nitrogens is 1. The van der Waals surface area contributed by atoms with Crippen LogP contribution in [-0.4, -0.2) is 52.2 Å². The van der Waals surface area contributed by atoms with Crippen molar-refractivity contribution in [1.82, 2.24) is 4.57 Å². The van der Waals surface area contributed by atoms with Crippen molar-refractivity contribution in [3.63, 3.8) is 0 Å². The summed E-state index contributed by atoms with van der Waals surface area (Å²) in [6, 6.07) is 14.5. The Bertz CT molecular complexity index is 1660. The molecule has 4 aromatic rings. The first kappa shape index (κ1) is 25.1. The van der Waals surface area contributed by atoms with Gasteiger partial charge in [0.05, 0.1) is 32.5 Å². The molecule has 0 fully saturated rings. The van der Waals surface area contributed by atoms with Crippen LogP contribution in [0.3, 0.4) is 0 Å². The molecule has 2 N–H and O–H groups in total. The van der Waals surface area contributed by atoms with Crippen LogP contribution in [0.25, 0.3) is 10.9 Å². The molecule has 198 valence electrons. The molecule has 0 bridgehead atoms. The van der Waals surface area contributed by atoms with Crippen LogP contribution in [0.1, 0.15) is 16.1 Å². The van der Waals surface area contributed by atoms with Gasteiger partial charge in [0.15, 0.2) is 23.0 Å². The highest BCUT2D eigenvalue weighted by Gasteiger charge is 2.33. The fourth-order valence-electron chi connectivity index (χ4n) is 4.41. The van der Waals surface area contributed by atoms with Crippen LogP contribution in [-0.2, 0) is 16.6 Å². The van der Waals surface area contributed by atoms with Gasteiger partial charge in [-0.3, -0.25) is 4.72 Å². The molecule has 1 aromatic heterocycles. The number of nitrogens with zero attached hydrogens (tertiary/aromatic N) is 1. The lowest BCUT2D eigenvalue weighted by Crippen LogP contribution is -2.18. The summed E-state index contributed by atoms with van der Waals surface area (Å²) in [6.07, 6.45) is 0. The number of anilines is 1. The number of rotatable bonds is 9. The maximum Gasteiger partial charge on any atom is 0.354 e. The van der Waals surface area contributed by atoms with Crippen molar-refractivity contribution in [3.05, 3.63) is 65.9 Å². The SMILES string of the molecule is COc1cccc(NS(=O)(=O)c2c(C(=O)O)n(Cc3ccc4c(c3)OCO4)c3cc(OC)c(OC)cc23)c1. The summed E-state index contributed by atoms with van der Waals surface area (Å²) in [6.45, 7) is 0.111. The maximum absolute atomic E-state index is 13.8. The van der Waals surface area contributed by atoms with E-state index in [1.54, 1.807) is 36.4 Å². The van der Waals surface area contributed by atoms with E-state index in [9.17, 15) is 18.3 Å². The molecule has 0 unspecified atom stereocenters. The Labute approximate surface area is 218 Å². The Morgan fingerprint density at radius 2 is 1.71 bits per heavy atom. The number of ether oxygens (including phenoxy) is 5. The van der Waals surface area contributed by atoms with Gasteiger partial charge >= 0.3 is 5.97 Å². The molecule has 38 heavy (non-hydrogen) atoms. The fraction of sp³-hybridized carbons (Fsp3) is 0.192. The van der Waals surface area contributed by atoms with Gasteiger partial charge in [-0.25, -0.2) is 13.2 Å². The summed E-state index contributed by atoms with van der Waals surface area (Å²) in [7, 11) is -0.106. The summed E-state index contributed by atoms with van der Waals surface area (Å²) in [4.78, 5) is 12.2. The molecule has 0 saturated carbocycles. The first-order valence-corrected chi connectivity index (χ1v) is 12.8. The largest absolute Gasteiger partial charge is 0.497 e. The minimum Gasteiger partial charge on any atom is -0.497 e. The Hall–Kier alpha value is -4.58. The van der Waals surface area contributed by atoms with Crippen LogP contribution in [0.15, 0.2) is 59.5 Å². The Kier molecular flexibility index (Phi) is 6.41. The highest BCUT2D eigenvalue weighted by molar-refractivity contribution is 7.93. The standard InChI is InChI=1S/C26H24N2O9S/c1-33-17-6-4-5-16(10-17)27-38(31,32)25-18-11-21(34-2)22(35-3)12-19(18)28(24(25)26(29)30)13-15-7-8-20-23(9-15)37-14-36-20/h4-12,27H,13-14H2,1-3H3,(H,29,30). The van der Waals surface area contributed by atoms with E-state index in [0.29, 0.717) is 34.1 Å². The molecule has 0 radical (unpaired) electrons. The zero-order valence-corrected chi connectivity index (χ0v) is 21.5. The summed E-state index contributed by atoms with van der Waals surface area (Å²) >= 11 is 0. The number of fused-ring (bicyclic) bond motifs is 2. The molecule has 0 saturated heterocycles. The molecule has 0 spiro atoms. The van der Waals surface area contributed by atoms with Crippen LogP contribution in [0.4, 0.5) is 5.69 Å². The zero-order valence-electron chi connectivity index (χ0n) is 20.7. The number of benzene rings is 3. The molecule has 12 heteroatoms. The molecule has 11 nitrogen and oxygen atoms in total. The second-order valence-corrected chi connectivity index (χ2v) is 9.94. The molecule has 2 heterocycles. The van der Waals surface area contributed by atoms with E-state index < -0.39 is 26.6 Å². The van der Waals surface area contributed by atoms with Gasteiger partial charge in [0.2, 0.25) is 6.79 Å². The van der Waals surface area contributed by atoms with Crippen LogP contribution < -0.4 is 28.4 Å². The summed E-state index contributed by atoms with van der Waals surface area (Å²) in [5, 5.41) is 10.5. The van der Waals surface area contributed by atoms with E-state index in [1.807, 2.05) is 0 Å². The van der Waals surface area contributed by atoms with E-state index in [0.717, 1.165) is 0 Å². The molecule has 1 aliphatic heterocycles. The lowest BCUT2D eigenvalue weighted by molar-refractivity contribution is 0.0681. The average molecular weight is 541 g/mol. The Balaban J connectivity index is 1.74. The lowest BCUT2D eigenvalue weighted by atomic mass is 10.2. The molecule has 1 aliphatic rings. The fourth-order valence-corrected chi connectivity index (χ4v) is 5.85. The average Bonchev–Trinajstić information content (AvgIpc) is 3.50. The third-order valence-electron chi connectivity index (χ3n) is 6.09. The zero-order chi connectivity index (χ0) is 27.0. The second kappa shape index (κ2) is 9.71. The Morgan fingerprint density at radius 3 is 2.42 bits per heavy atom. The number of carboxylic acids is 1. The predicted molar refractivity (Wildman–Crippen MR) is 137 cm³/mol. The monoisotopic (exact) mass is 540 g/mol. The van der Waals surface area contributed by atoms with Gasteiger partial charge in [0.1, 0.15) is 16.3 Å². The van der Waals surface area contributed by atoms with E-state index in [1.165, 1.54) is 44.1 Å². The maximum atomic E-state index is 13.8. The van der Waals surface area contributed by atoms with Crippen LogP contribution >= 0.6 is 0 Å². The van der Waals surface area contributed by atoms with Crippen LogP contribution in [0.5, 0.6) is 28.7 Å². The summed E-state index contributed by atoms with van der Waals surface area (Å²) < 4.78 is 58.3. The van der Waals surface area contributed by atoms with Gasteiger partial charge in [0, 0.05) is 24.1 Å². The number of carboxylic acid groups (broad SMARTS) is 1. The minimum absolute atomic E-state index is 0.0267. The van der Waals surface area contributed by atoms with Crippen molar-refractivity contribution in [3.8, 4) is 28.7 Å². The van der Waals surface area contributed by atoms with Gasteiger partial charge in [0.25, 0.3) is 10.0 Å². The van der Waals surface area contributed by atoms with Gasteiger partial charge in [-0.15, -0.1) is 0 Å². The van der Waals surface area contributed by atoms with Gasteiger partial charge in [-0.1, -0.05) is 12.1 Å². The van der Waals surface area contributed by atoms with E-state index >= 15 is 0 Å². The molecular formula is C26H24N2O9S. The number of hydrogen-bond donors (Lipinski definition) is 2. The van der Waals surface area contributed by atoms with E-state index in [2.05, 4.69) is 4.72 Å². The van der Waals surface area contributed by atoms with Gasteiger partial charge in [-0.05, 0) is 35.9 Å². The molecule has 0 amide bonds. The van der Waals surface area contributed by atoms with Gasteiger partial charge in [-0.2, -0.15) is 0 Å². The third-order valence-corrected chi connectivity index (χ3v) is 7.55. The minimum atomic E-state index is -4.41. The van der Waals surface area contributed by atoms with Crippen molar-refractivity contribution in [2.75, 3.05) is 32.8 Å². The first-order valence-electron chi connectivity index (χ1n) is 11.3. The van der Waals surface area contributed by atoms with Gasteiger partial charge < -0.3 is 33.4 Å². The molecule has 5 rings (SSSR count). The molecule has 0 atom stereocenters. The molecular weight excluding hydrogens is 516 g/mol. The predicted octanol–water partition coefficient (Wildman–Crippen LogP) is 3.94. The van der Waals surface area contributed by atoms with Crippen molar-refractivity contribution in [2.24, 2.45) is 0 Å². The molecule has 0 aliphatic carbocycles. The topological polar surface area (TPSA) is 135 Å². The molecule has 3 aromatic carbocycles. The first-order chi connectivity index (χ1) is 18.2. The van der Waals surface area contributed by atoms with Crippen molar-refractivity contribution in [1.29, 1.82) is 0 Å². The van der Waals surface area contributed by atoms with E-state index in [4.69, 9.17) is 23.7 Å². The number of hydrogen-bond acceptors (Lipinski definition) is 8. The van der Waals surface area contributed by atoms with Crippen LogP contribution in [0, 0.1) is 0 Å². The Morgan fingerprint density at radius 1 is 0.974 bits per heavy atom.